The average Bonchev–Trinajstić information content (AvgIpc) is 2.49. The Hall–Kier alpha value is -1.92. The first-order chi connectivity index (χ1) is 10.1. The highest BCUT2D eigenvalue weighted by Crippen LogP contribution is 2.08. The molecular formula is C15H21N3O3. The van der Waals surface area contributed by atoms with Crippen LogP contribution in [0.5, 0.6) is 0 Å². The van der Waals surface area contributed by atoms with Crippen molar-refractivity contribution in [3.8, 4) is 0 Å². The molecule has 21 heavy (non-hydrogen) atoms. The van der Waals surface area contributed by atoms with Crippen LogP contribution >= 0.6 is 0 Å². The first kappa shape index (κ1) is 15.5. The van der Waals surface area contributed by atoms with Crippen molar-refractivity contribution in [1.29, 1.82) is 0 Å². The first-order valence-corrected chi connectivity index (χ1v) is 7.09. The van der Waals surface area contributed by atoms with E-state index >= 15 is 0 Å². The summed E-state index contributed by atoms with van der Waals surface area (Å²) in [6.45, 7) is 5.38. The lowest BCUT2D eigenvalue weighted by atomic mass is 10.1. The van der Waals surface area contributed by atoms with Crippen LogP contribution in [-0.2, 0) is 0 Å². The summed E-state index contributed by atoms with van der Waals surface area (Å²) in [7, 11) is 2.10. The van der Waals surface area contributed by atoms with Crippen LogP contribution in [0.1, 0.15) is 20.7 Å². The lowest BCUT2D eigenvalue weighted by molar-refractivity contribution is 0.0690. The zero-order valence-electron chi connectivity index (χ0n) is 12.2. The molecule has 1 aromatic carbocycles. The second-order valence-corrected chi connectivity index (χ2v) is 5.25. The van der Waals surface area contributed by atoms with Gasteiger partial charge in [-0.2, -0.15) is 0 Å². The van der Waals surface area contributed by atoms with Gasteiger partial charge in [-0.1, -0.05) is 12.1 Å². The number of hydrogen-bond acceptors (Lipinski definition) is 4. The third kappa shape index (κ3) is 4.27. The number of nitrogens with one attached hydrogen (secondary N) is 1. The molecule has 0 aromatic heterocycles. The van der Waals surface area contributed by atoms with Crippen molar-refractivity contribution >= 4 is 11.9 Å². The summed E-state index contributed by atoms with van der Waals surface area (Å²) in [5.41, 5.74) is 0.248. The van der Waals surface area contributed by atoms with E-state index in [1.54, 1.807) is 12.1 Å². The van der Waals surface area contributed by atoms with Crippen molar-refractivity contribution in [2.45, 2.75) is 0 Å². The molecule has 0 spiro atoms. The van der Waals surface area contributed by atoms with Crippen molar-refractivity contribution in [3.63, 3.8) is 0 Å². The maximum atomic E-state index is 12.1. The number of hydrogen-bond donors (Lipinski definition) is 2. The summed E-state index contributed by atoms with van der Waals surface area (Å²) < 4.78 is 0. The number of piperazine rings is 1. The molecule has 1 fully saturated rings. The van der Waals surface area contributed by atoms with Crippen LogP contribution in [0.3, 0.4) is 0 Å². The fraction of sp³-hybridized carbons (Fsp3) is 0.467. The van der Waals surface area contributed by atoms with Gasteiger partial charge >= 0.3 is 5.97 Å². The summed E-state index contributed by atoms with van der Waals surface area (Å²) in [4.78, 5) is 27.7. The molecule has 2 N–H and O–H groups in total. The number of rotatable bonds is 5. The SMILES string of the molecule is CN1CCN(CCNC(=O)c2ccccc2C(=O)O)CC1. The minimum atomic E-state index is -1.08. The largest absolute Gasteiger partial charge is 0.478 e. The van der Waals surface area contributed by atoms with Gasteiger partial charge in [-0.25, -0.2) is 4.79 Å². The lowest BCUT2D eigenvalue weighted by Crippen LogP contribution is -2.47. The summed E-state index contributed by atoms with van der Waals surface area (Å²) in [5, 5.41) is 11.9. The number of carboxylic acid groups (broad SMARTS) is 1. The maximum absolute atomic E-state index is 12.1. The Labute approximate surface area is 124 Å². The summed E-state index contributed by atoms with van der Waals surface area (Å²) >= 11 is 0. The highest BCUT2D eigenvalue weighted by atomic mass is 16.4. The van der Waals surface area contributed by atoms with E-state index < -0.39 is 5.97 Å². The number of carboxylic acids is 1. The molecule has 1 aliphatic rings. The number of aromatic carboxylic acids is 1. The Morgan fingerprint density at radius 1 is 1.14 bits per heavy atom. The van der Waals surface area contributed by atoms with Crippen molar-refractivity contribution < 1.29 is 14.7 Å². The molecule has 1 heterocycles. The van der Waals surface area contributed by atoms with Crippen LogP contribution in [0.4, 0.5) is 0 Å². The molecule has 0 unspecified atom stereocenters. The third-order valence-corrected chi connectivity index (χ3v) is 3.71. The van der Waals surface area contributed by atoms with Crippen LogP contribution in [0.2, 0.25) is 0 Å². The number of carbonyl (C=O) groups is 2. The van der Waals surface area contributed by atoms with E-state index in [0.717, 1.165) is 32.7 Å². The van der Waals surface area contributed by atoms with Gasteiger partial charge in [0.15, 0.2) is 0 Å². The molecule has 2 rings (SSSR count). The smallest absolute Gasteiger partial charge is 0.336 e. The minimum absolute atomic E-state index is 0.0367. The van der Waals surface area contributed by atoms with Crippen molar-refractivity contribution in [2.75, 3.05) is 46.3 Å². The first-order valence-electron chi connectivity index (χ1n) is 7.09. The average molecular weight is 291 g/mol. The standard InChI is InChI=1S/C15H21N3O3/c1-17-8-10-18(11-9-17)7-6-16-14(19)12-4-2-3-5-13(12)15(20)21/h2-5H,6-11H2,1H3,(H,16,19)(H,20,21). The van der Waals surface area contributed by atoms with Crippen molar-refractivity contribution in [2.24, 2.45) is 0 Å². The minimum Gasteiger partial charge on any atom is -0.478 e. The van der Waals surface area contributed by atoms with Crippen molar-refractivity contribution in [3.05, 3.63) is 35.4 Å². The molecule has 1 aliphatic heterocycles. The quantitative estimate of drug-likeness (QED) is 0.819. The monoisotopic (exact) mass is 291 g/mol. The van der Waals surface area contributed by atoms with Crippen LogP contribution in [-0.4, -0.2) is 73.1 Å². The van der Waals surface area contributed by atoms with Gasteiger partial charge < -0.3 is 15.3 Å². The van der Waals surface area contributed by atoms with Gasteiger partial charge in [-0.05, 0) is 19.2 Å². The molecule has 1 aromatic rings. The van der Waals surface area contributed by atoms with Gasteiger partial charge in [0.05, 0.1) is 11.1 Å². The fourth-order valence-corrected chi connectivity index (χ4v) is 2.36. The van der Waals surface area contributed by atoms with E-state index in [-0.39, 0.29) is 17.0 Å². The number of likely N-dealkylation sites (N-methyl/N-ethyl adjacent to an activating group) is 1. The molecule has 0 saturated carbocycles. The second-order valence-electron chi connectivity index (χ2n) is 5.25. The van der Waals surface area contributed by atoms with E-state index in [1.165, 1.54) is 12.1 Å². The Kier molecular flexibility index (Phi) is 5.30. The Morgan fingerprint density at radius 3 is 2.38 bits per heavy atom. The molecular weight excluding hydrogens is 270 g/mol. The van der Waals surface area contributed by atoms with Crippen LogP contribution in [0.15, 0.2) is 24.3 Å². The fourth-order valence-electron chi connectivity index (χ4n) is 2.36. The predicted molar refractivity (Wildman–Crippen MR) is 79.7 cm³/mol. The van der Waals surface area contributed by atoms with E-state index in [0.29, 0.717) is 6.54 Å². The highest BCUT2D eigenvalue weighted by molar-refractivity contribution is 6.04. The zero-order valence-corrected chi connectivity index (χ0v) is 12.2. The van der Waals surface area contributed by atoms with Gasteiger partial charge in [0, 0.05) is 39.3 Å². The Balaban J connectivity index is 1.84. The number of carbonyl (C=O) groups excluding carboxylic acids is 1. The molecule has 0 aliphatic carbocycles. The topological polar surface area (TPSA) is 72.9 Å². The van der Waals surface area contributed by atoms with Gasteiger partial charge in [0.1, 0.15) is 0 Å². The van der Waals surface area contributed by atoms with E-state index in [9.17, 15) is 9.59 Å². The lowest BCUT2D eigenvalue weighted by Gasteiger charge is -2.32. The highest BCUT2D eigenvalue weighted by Gasteiger charge is 2.16. The van der Waals surface area contributed by atoms with Gasteiger partial charge in [0.2, 0.25) is 0 Å². The summed E-state index contributed by atoms with van der Waals surface area (Å²) in [6.07, 6.45) is 0. The Bertz CT molecular complexity index is 511. The van der Waals surface area contributed by atoms with Gasteiger partial charge in [-0.15, -0.1) is 0 Å². The van der Waals surface area contributed by atoms with Gasteiger partial charge in [-0.3, -0.25) is 9.69 Å². The van der Waals surface area contributed by atoms with Crippen LogP contribution in [0, 0.1) is 0 Å². The van der Waals surface area contributed by atoms with E-state index in [2.05, 4.69) is 22.2 Å². The van der Waals surface area contributed by atoms with Gasteiger partial charge in [0.25, 0.3) is 5.91 Å². The van der Waals surface area contributed by atoms with E-state index in [4.69, 9.17) is 5.11 Å². The Morgan fingerprint density at radius 2 is 1.76 bits per heavy atom. The summed E-state index contributed by atoms with van der Waals surface area (Å²) in [6, 6.07) is 6.26. The molecule has 0 radical (unpaired) electrons. The van der Waals surface area contributed by atoms with Crippen molar-refractivity contribution in [1.82, 2.24) is 15.1 Å². The van der Waals surface area contributed by atoms with Crippen LogP contribution in [0.25, 0.3) is 0 Å². The third-order valence-electron chi connectivity index (χ3n) is 3.71. The second kappa shape index (κ2) is 7.19. The molecule has 0 atom stereocenters. The predicted octanol–water partition coefficient (Wildman–Crippen LogP) is 0.362. The molecule has 1 amide bonds. The number of benzene rings is 1. The zero-order chi connectivity index (χ0) is 15.2. The van der Waals surface area contributed by atoms with Crippen LogP contribution < -0.4 is 5.32 Å². The number of nitrogens with zero attached hydrogens (tertiary/aromatic N) is 2. The summed E-state index contributed by atoms with van der Waals surface area (Å²) in [5.74, 6) is -1.41. The molecule has 0 bridgehead atoms. The number of amides is 1. The molecule has 6 heteroatoms. The molecule has 6 nitrogen and oxygen atoms in total. The molecule has 1 saturated heterocycles. The van der Waals surface area contributed by atoms with E-state index in [1.807, 2.05) is 0 Å². The normalized spacial score (nSPS) is 16.6. The molecule has 114 valence electrons. The maximum Gasteiger partial charge on any atom is 0.336 e.